The Kier molecular flexibility index (Phi) is 6.45. The molecule has 0 aliphatic carbocycles. The van der Waals surface area contributed by atoms with Crippen molar-refractivity contribution in [1.82, 2.24) is 10.3 Å². The van der Waals surface area contributed by atoms with Gasteiger partial charge in [-0.05, 0) is 25.1 Å². The Morgan fingerprint density at radius 3 is 2.52 bits per heavy atom. The molecule has 1 amide bonds. The highest BCUT2D eigenvalue weighted by molar-refractivity contribution is 6.06. The first-order valence-electron chi connectivity index (χ1n) is 10.0. The van der Waals surface area contributed by atoms with Crippen molar-refractivity contribution in [3.05, 3.63) is 71.6 Å². The van der Waals surface area contributed by atoms with Crippen molar-refractivity contribution in [2.24, 2.45) is 0 Å². The highest BCUT2D eigenvalue weighted by Crippen LogP contribution is 2.35. The summed E-state index contributed by atoms with van der Waals surface area (Å²) in [4.78, 5) is 16.7. The lowest BCUT2D eigenvalue weighted by atomic mass is 9.99. The summed E-state index contributed by atoms with van der Waals surface area (Å²) in [7, 11) is 1.19. The summed E-state index contributed by atoms with van der Waals surface area (Å²) >= 11 is 0. The van der Waals surface area contributed by atoms with Crippen LogP contribution >= 0.6 is 0 Å². The fourth-order valence-corrected chi connectivity index (χ4v) is 3.54. The number of pyridine rings is 1. The first-order chi connectivity index (χ1) is 15.9. The van der Waals surface area contributed by atoms with Gasteiger partial charge in [0.2, 0.25) is 0 Å². The number of nitrogens with zero attached hydrogens (tertiary/aromatic N) is 1. The van der Waals surface area contributed by atoms with Crippen LogP contribution in [0.25, 0.3) is 11.1 Å². The van der Waals surface area contributed by atoms with Crippen molar-refractivity contribution in [2.75, 3.05) is 25.5 Å². The number of hydrogen-bond acceptors (Lipinski definition) is 5. The Bertz CT molecular complexity index is 1180. The monoisotopic (exact) mass is 461 g/mol. The lowest BCUT2D eigenvalue weighted by molar-refractivity contribution is 0.102. The molecule has 3 aromatic rings. The molecule has 1 saturated heterocycles. The van der Waals surface area contributed by atoms with E-state index < -0.39 is 45.9 Å². The van der Waals surface area contributed by atoms with Crippen molar-refractivity contribution >= 4 is 11.6 Å². The normalized spacial score (nSPS) is 15.4. The van der Waals surface area contributed by atoms with Crippen LogP contribution in [-0.2, 0) is 0 Å². The van der Waals surface area contributed by atoms with Gasteiger partial charge in [-0.25, -0.2) is 17.6 Å². The molecule has 4 rings (SSSR count). The van der Waals surface area contributed by atoms with E-state index in [1.807, 2.05) is 0 Å². The van der Waals surface area contributed by atoms with Gasteiger partial charge in [-0.3, -0.25) is 9.78 Å². The predicted molar refractivity (Wildman–Crippen MR) is 112 cm³/mol. The van der Waals surface area contributed by atoms with Crippen LogP contribution in [0.5, 0.6) is 11.5 Å². The molecule has 2 heterocycles. The van der Waals surface area contributed by atoms with Crippen molar-refractivity contribution in [2.45, 2.75) is 12.5 Å². The lowest BCUT2D eigenvalue weighted by Crippen LogP contribution is -2.21. The summed E-state index contributed by atoms with van der Waals surface area (Å²) in [6, 6.07) is 4.78. The van der Waals surface area contributed by atoms with Crippen LogP contribution in [0.3, 0.4) is 0 Å². The van der Waals surface area contributed by atoms with E-state index in [0.717, 1.165) is 37.2 Å². The van der Waals surface area contributed by atoms with Gasteiger partial charge in [0.1, 0.15) is 46.6 Å². The highest BCUT2D eigenvalue weighted by atomic mass is 19.1. The van der Waals surface area contributed by atoms with Gasteiger partial charge in [-0.15, -0.1) is 0 Å². The number of halogens is 4. The van der Waals surface area contributed by atoms with Crippen molar-refractivity contribution in [1.29, 1.82) is 0 Å². The number of benzene rings is 2. The van der Waals surface area contributed by atoms with Gasteiger partial charge in [0.25, 0.3) is 5.91 Å². The Labute approximate surface area is 186 Å². The number of carbonyl (C=O) groups excluding carboxylic acids is 1. The predicted octanol–water partition coefficient (Wildman–Crippen LogP) is 4.31. The van der Waals surface area contributed by atoms with Crippen molar-refractivity contribution < 1.29 is 31.8 Å². The second-order valence-electron chi connectivity index (χ2n) is 7.31. The molecule has 172 valence electrons. The maximum absolute atomic E-state index is 15.2. The molecule has 1 aromatic heterocycles. The van der Waals surface area contributed by atoms with Gasteiger partial charge in [0, 0.05) is 30.9 Å². The van der Waals surface area contributed by atoms with E-state index in [2.05, 4.69) is 15.6 Å². The van der Waals surface area contributed by atoms with E-state index in [-0.39, 0.29) is 17.5 Å². The van der Waals surface area contributed by atoms with E-state index in [1.165, 1.54) is 19.5 Å². The molecule has 6 nitrogen and oxygen atoms in total. The molecule has 0 unspecified atom stereocenters. The van der Waals surface area contributed by atoms with E-state index in [4.69, 9.17) is 9.47 Å². The third-order valence-corrected chi connectivity index (χ3v) is 5.18. The number of methoxy groups -OCH3 is 1. The van der Waals surface area contributed by atoms with Crippen LogP contribution < -0.4 is 20.1 Å². The minimum atomic E-state index is -1.41. The van der Waals surface area contributed by atoms with E-state index >= 15 is 4.39 Å². The molecular weight excluding hydrogens is 442 g/mol. The molecule has 0 saturated carbocycles. The molecule has 1 aliphatic heterocycles. The second-order valence-corrected chi connectivity index (χ2v) is 7.31. The summed E-state index contributed by atoms with van der Waals surface area (Å²) in [6.45, 7) is 1.42. The Morgan fingerprint density at radius 1 is 1.09 bits per heavy atom. The van der Waals surface area contributed by atoms with Gasteiger partial charge < -0.3 is 20.1 Å². The summed E-state index contributed by atoms with van der Waals surface area (Å²) in [5.74, 6) is -5.93. The summed E-state index contributed by atoms with van der Waals surface area (Å²) in [5, 5.41) is 5.62. The zero-order chi connectivity index (χ0) is 23.5. The fourth-order valence-electron chi connectivity index (χ4n) is 3.54. The summed E-state index contributed by atoms with van der Waals surface area (Å²) < 4.78 is 69.3. The minimum Gasteiger partial charge on any atom is -0.497 e. The number of amides is 1. The molecular formula is C23H19F4N3O3. The third-order valence-electron chi connectivity index (χ3n) is 5.18. The number of nitrogens with one attached hydrogen (secondary N) is 2. The maximum Gasteiger partial charge on any atom is 0.258 e. The van der Waals surface area contributed by atoms with Gasteiger partial charge >= 0.3 is 0 Å². The number of aromatic nitrogens is 1. The van der Waals surface area contributed by atoms with E-state index in [9.17, 15) is 18.0 Å². The highest BCUT2D eigenvalue weighted by Gasteiger charge is 2.26. The average Bonchev–Trinajstić information content (AvgIpc) is 3.29. The summed E-state index contributed by atoms with van der Waals surface area (Å²) in [6.07, 6.45) is 3.45. The van der Waals surface area contributed by atoms with Gasteiger partial charge in [0.05, 0.1) is 30.0 Å². The van der Waals surface area contributed by atoms with Crippen molar-refractivity contribution in [3.63, 3.8) is 0 Å². The van der Waals surface area contributed by atoms with Gasteiger partial charge in [-0.1, -0.05) is 0 Å². The SMILES string of the molecule is COc1cc(F)c(-c2c(F)ccc(C(=O)Nc3cnccc3O[C@@H]3CCNC3)c2F)c(F)c1. The first kappa shape index (κ1) is 22.5. The molecule has 2 N–H and O–H groups in total. The summed E-state index contributed by atoms with van der Waals surface area (Å²) in [5.41, 5.74) is -2.39. The number of rotatable bonds is 6. The number of hydrogen-bond donors (Lipinski definition) is 2. The molecule has 2 aromatic carbocycles. The van der Waals surface area contributed by atoms with E-state index in [0.29, 0.717) is 12.3 Å². The standard InChI is InChI=1S/C23H19F4N3O3/c1-32-13-8-16(25)20(17(26)9-13)21-15(24)3-2-14(22(21)27)23(31)30-18-11-29-7-5-19(18)33-12-4-6-28-10-12/h2-3,5,7-9,11-12,28H,4,6,10H2,1H3,(H,30,31)/t12-/m1/s1. The van der Waals surface area contributed by atoms with Crippen LogP contribution in [0.2, 0.25) is 0 Å². The van der Waals surface area contributed by atoms with Crippen LogP contribution in [0.1, 0.15) is 16.8 Å². The Balaban J connectivity index is 1.67. The van der Waals surface area contributed by atoms with Crippen LogP contribution in [0, 0.1) is 23.3 Å². The van der Waals surface area contributed by atoms with Gasteiger partial charge in [-0.2, -0.15) is 0 Å². The zero-order valence-corrected chi connectivity index (χ0v) is 17.4. The largest absolute Gasteiger partial charge is 0.497 e. The smallest absolute Gasteiger partial charge is 0.258 e. The Hall–Kier alpha value is -3.66. The van der Waals surface area contributed by atoms with Gasteiger partial charge in [0.15, 0.2) is 0 Å². The van der Waals surface area contributed by atoms with Crippen LogP contribution in [0.15, 0.2) is 42.7 Å². The van der Waals surface area contributed by atoms with Crippen molar-refractivity contribution in [3.8, 4) is 22.6 Å². The number of ether oxygens (including phenoxy) is 2. The zero-order valence-electron chi connectivity index (χ0n) is 17.4. The number of carbonyl (C=O) groups is 1. The quantitative estimate of drug-likeness (QED) is 0.536. The molecule has 10 heteroatoms. The second kappa shape index (κ2) is 9.45. The average molecular weight is 461 g/mol. The molecule has 1 fully saturated rings. The van der Waals surface area contributed by atoms with E-state index in [1.54, 1.807) is 6.07 Å². The molecule has 33 heavy (non-hydrogen) atoms. The van der Waals surface area contributed by atoms with Crippen LogP contribution in [-0.4, -0.2) is 37.2 Å². The number of anilines is 1. The molecule has 0 spiro atoms. The fraction of sp³-hybridized carbons (Fsp3) is 0.217. The minimum absolute atomic E-state index is 0.113. The molecule has 1 atom stereocenters. The van der Waals surface area contributed by atoms with Crippen LogP contribution in [0.4, 0.5) is 23.2 Å². The molecule has 1 aliphatic rings. The third kappa shape index (κ3) is 4.61. The molecule has 0 bridgehead atoms. The maximum atomic E-state index is 15.2. The topological polar surface area (TPSA) is 72.5 Å². The lowest BCUT2D eigenvalue weighted by Gasteiger charge is -2.17. The first-order valence-corrected chi connectivity index (χ1v) is 10.0. The molecule has 0 radical (unpaired) electrons. The Morgan fingerprint density at radius 2 is 1.85 bits per heavy atom.